The normalized spacial score (nSPS) is 11.3. The van der Waals surface area contributed by atoms with E-state index in [9.17, 15) is 9.59 Å². The Hall–Kier alpha value is -4.07. The van der Waals surface area contributed by atoms with E-state index in [1.165, 1.54) is 26.6 Å². The Morgan fingerprint density at radius 1 is 0.741 bits per heavy atom. The minimum atomic E-state index is -0.309. The van der Waals surface area contributed by atoms with Crippen molar-refractivity contribution in [1.29, 1.82) is 0 Å². The van der Waals surface area contributed by atoms with E-state index in [1.54, 1.807) is 30.6 Å². The third-order valence-corrected chi connectivity index (χ3v) is 4.41. The van der Waals surface area contributed by atoms with Gasteiger partial charge in [0.25, 0.3) is 11.1 Å². The standard InChI is InChI=1S/C19H12N6O2/c26-18-14-10-15-17(7-9-25(19(15)27)23-11-20-21-12-23)22-16(14)6-8-24(18)13-4-2-1-3-5-13/h1-12H. The highest BCUT2D eigenvalue weighted by atomic mass is 16.1. The van der Waals surface area contributed by atoms with E-state index in [2.05, 4.69) is 15.2 Å². The Kier molecular flexibility index (Phi) is 3.23. The molecule has 1 aromatic carbocycles. The maximum absolute atomic E-state index is 13.0. The second-order valence-corrected chi connectivity index (χ2v) is 5.99. The maximum Gasteiger partial charge on any atom is 0.279 e. The lowest BCUT2D eigenvalue weighted by molar-refractivity contribution is 0.632. The Labute approximate surface area is 151 Å². The van der Waals surface area contributed by atoms with Crippen molar-refractivity contribution in [2.24, 2.45) is 0 Å². The highest BCUT2D eigenvalue weighted by Crippen LogP contribution is 2.15. The molecule has 0 saturated carbocycles. The van der Waals surface area contributed by atoms with E-state index < -0.39 is 0 Å². The van der Waals surface area contributed by atoms with Gasteiger partial charge in [-0.15, -0.1) is 10.2 Å². The number of rotatable bonds is 2. The molecule has 4 heterocycles. The molecule has 5 aromatic rings. The van der Waals surface area contributed by atoms with Gasteiger partial charge in [-0.05, 0) is 30.3 Å². The fourth-order valence-corrected chi connectivity index (χ4v) is 3.09. The van der Waals surface area contributed by atoms with Crippen LogP contribution in [0.25, 0.3) is 27.5 Å². The van der Waals surface area contributed by atoms with E-state index in [0.29, 0.717) is 21.8 Å². The number of pyridine rings is 3. The van der Waals surface area contributed by atoms with Crippen molar-refractivity contribution in [2.45, 2.75) is 0 Å². The number of para-hydroxylation sites is 1. The number of hydrogen-bond donors (Lipinski definition) is 0. The number of hydrogen-bond acceptors (Lipinski definition) is 5. The zero-order valence-electron chi connectivity index (χ0n) is 13.9. The molecule has 0 N–H and O–H groups in total. The van der Waals surface area contributed by atoms with Gasteiger partial charge in [-0.1, -0.05) is 18.2 Å². The molecule has 130 valence electrons. The summed E-state index contributed by atoms with van der Waals surface area (Å²) in [6, 6.07) is 14.4. The fourth-order valence-electron chi connectivity index (χ4n) is 3.09. The van der Waals surface area contributed by atoms with Gasteiger partial charge in [-0.25, -0.2) is 14.3 Å². The third-order valence-electron chi connectivity index (χ3n) is 4.41. The molecular weight excluding hydrogens is 344 g/mol. The zero-order chi connectivity index (χ0) is 18.4. The van der Waals surface area contributed by atoms with Gasteiger partial charge >= 0.3 is 0 Å². The van der Waals surface area contributed by atoms with Gasteiger partial charge < -0.3 is 0 Å². The summed E-state index contributed by atoms with van der Waals surface area (Å²) >= 11 is 0. The van der Waals surface area contributed by atoms with Crippen LogP contribution in [0.3, 0.4) is 0 Å². The van der Waals surface area contributed by atoms with Crippen molar-refractivity contribution in [3.63, 3.8) is 0 Å². The monoisotopic (exact) mass is 356 g/mol. The highest BCUT2D eigenvalue weighted by molar-refractivity contribution is 5.91. The smallest absolute Gasteiger partial charge is 0.279 e. The number of nitrogens with zero attached hydrogens (tertiary/aromatic N) is 6. The molecule has 8 nitrogen and oxygen atoms in total. The van der Waals surface area contributed by atoms with Crippen molar-refractivity contribution in [1.82, 2.24) is 29.1 Å². The number of aromatic nitrogens is 6. The van der Waals surface area contributed by atoms with Crippen LogP contribution in [0, 0.1) is 0 Å². The minimum Gasteiger partial charge on any atom is -0.284 e. The predicted molar refractivity (Wildman–Crippen MR) is 99.9 cm³/mol. The molecule has 27 heavy (non-hydrogen) atoms. The first-order valence-electron chi connectivity index (χ1n) is 8.21. The molecule has 8 heteroatoms. The summed E-state index contributed by atoms with van der Waals surface area (Å²) in [6.45, 7) is 0. The number of benzene rings is 1. The minimum absolute atomic E-state index is 0.229. The van der Waals surface area contributed by atoms with Gasteiger partial charge in [0.1, 0.15) is 12.7 Å². The molecule has 0 aliphatic carbocycles. The topological polar surface area (TPSA) is 87.6 Å². The van der Waals surface area contributed by atoms with Crippen LogP contribution >= 0.6 is 0 Å². The van der Waals surface area contributed by atoms with Gasteiger partial charge in [0.15, 0.2) is 0 Å². The van der Waals surface area contributed by atoms with Crippen LogP contribution in [0.2, 0.25) is 0 Å². The summed E-state index contributed by atoms with van der Waals surface area (Å²) < 4.78 is 4.35. The summed E-state index contributed by atoms with van der Waals surface area (Å²) in [7, 11) is 0. The van der Waals surface area contributed by atoms with Gasteiger partial charge in [-0.2, -0.15) is 0 Å². The maximum atomic E-state index is 13.0. The first-order valence-corrected chi connectivity index (χ1v) is 8.21. The SMILES string of the molecule is O=c1c2cc3c(=O)n(-n4cnnc4)ccc3nc2ccn1-c1ccccc1. The molecule has 0 spiro atoms. The molecule has 0 amide bonds. The Balaban J connectivity index is 1.82. The largest absolute Gasteiger partial charge is 0.284 e. The van der Waals surface area contributed by atoms with Crippen LogP contribution in [0.5, 0.6) is 0 Å². The summed E-state index contributed by atoms with van der Waals surface area (Å²) in [5.41, 5.74) is 1.28. The van der Waals surface area contributed by atoms with E-state index in [1.807, 2.05) is 30.3 Å². The average Bonchev–Trinajstić information content (AvgIpc) is 3.23. The molecule has 0 bridgehead atoms. The van der Waals surface area contributed by atoms with Crippen LogP contribution in [0.4, 0.5) is 0 Å². The van der Waals surface area contributed by atoms with E-state index >= 15 is 0 Å². The molecular formula is C19H12N6O2. The molecule has 0 aliphatic heterocycles. The summed E-state index contributed by atoms with van der Waals surface area (Å²) in [4.78, 5) is 30.4. The highest BCUT2D eigenvalue weighted by Gasteiger charge is 2.11. The van der Waals surface area contributed by atoms with Gasteiger partial charge in [0.2, 0.25) is 0 Å². The molecule has 0 atom stereocenters. The average molecular weight is 356 g/mol. The van der Waals surface area contributed by atoms with Crippen LogP contribution in [-0.2, 0) is 0 Å². The van der Waals surface area contributed by atoms with E-state index in [0.717, 1.165) is 5.69 Å². The summed E-state index contributed by atoms with van der Waals surface area (Å²) in [6.07, 6.45) is 6.13. The molecule has 0 fully saturated rings. The number of fused-ring (bicyclic) bond motifs is 2. The molecule has 0 saturated heterocycles. The van der Waals surface area contributed by atoms with Crippen LogP contribution in [0.15, 0.2) is 83.2 Å². The lowest BCUT2D eigenvalue weighted by atomic mass is 10.2. The van der Waals surface area contributed by atoms with Crippen molar-refractivity contribution in [2.75, 3.05) is 0 Å². The first kappa shape index (κ1) is 15.2. The Bertz CT molecular complexity index is 1400. The fraction of sp³-hybridized carbons (Fsp3) is 0. The predicted octanol–water partition coefficient (Wildman–Crippen LogP) is 1.60. The molecule has 0 unspecified atom stereocenters. The van der Waals surface area contributed by atoms with Gasteiger partial charge in [-0.3, -0.25) is 14.2 Å². The van der Waals surface area contributed by atoms with Gasteiger partial charge in [0, 0.05) is 18.1 Å². The van der Waals surface area contributed by atoms with Crippen molar-refractivity contribution in [3.8, 4) is 5.69 Å². The summed E-state index contributed by atoms with van der Waals surface area (Å²) in [5.74, 6) is 0. The molecule has 4 aromatic heterocycles. The lowest BCUT2D eigenvalue weighted by Crippen LogP contribution is -2.25. The molecule has 5 rings (SSSR count). The van der Waals surface area contributed by atoms with Crippen molar-refractivity contribution >= 4 is 21.8 Å². The molecule has 0 radical (unpaired) electrons. The van der Waals surface area contributed by atoms with Crippen LogP contribution < -0.4 is 11.1 Å². The first-order chi connectivity index (χ1) is 13.2. The summed E-state index contributed by atoms with van der Waals surface area (Å²) in [5, 5.41) is 8.16. The second-order valence-electron chi connectivity index (χ2n) is 5.99. The Morgan fingerprint density at radius 3 is 2.15 bits per heavy atom. The van der Waals surface area contributed by atoms with E-state index in [-0.39, 0.29) is 11.1 Å². The second kappa shape index (κ2) is 5.73. The quantitative estimate of drug-likeness (QED) is 0.448. The molecule has 0 aliphatic rings. The zero-order valence-corrected chi connectivity index (χ0v) is 13.9. The lowest BCUT2D eigenvalue weighted by Gasteiger charge is -2.09. The van der Waals surface area contributed by atoms with Crippen molar-refractivity contribution in [3.05, 3.63) is 94.3 Å². The van der Waals surface area contributed by atoms with Crippen LogP contribution in [0.1, 0.15) is 0 Å². The van der Waals surface area contributed by atoms with Crippen LogP contribution in [-0.4, -0.2) is 29.1 Å². The van der Waals surface area contributed by atoms with E-state index in [4.69, 9.17) is 0 Å². The third kappa shape index (κ3) is 2.35. The van der Waals surface area contributed by atoms with Crippen molar-refractivity contribution < 1.29 is 0 Å². The Morgan fingerprint density at radius 2 is 1.41 bits per heavy atom. The van der Waals surface area contributed by atoms with Gasteiger partial charge in [0.05, 0.1) is 21.8 Å².